The van der Waals surface area contributed by atoms with Crippen molar-refractivity contribution >= 4 is 0 Å². The van der Waals surface area contributed by atoms with Crippen LogP contribution < -0.4 is 5.73 Å². The van der Waals surface area contributed by atoms with Gasteiger partial charge in [-0.15, -0.1) is 0 Å². The van der Waals surface area contributed by atoms with Gasteiger partial charge in [0, 0.05) is 18.6 Å². The number of hydrogen-bond donors (Lipinski definition) is 1. The Hall–Kier alpha value is -0.120. The van der Waals surface area contributed by atoms with Gasteiger partial charge in [0.05, 0.1) is 0 Å². The number of rotatable bonds is 6. The Balaban J connectivity index is 2.50. The number of nitrogens with two attached hydrogens (primary N) is 1. The number of likely N-dealkylation sites (tertiary alicyclic amines) is 1. The predicted molar refractivity (Wildman–Crippen MR) is 75.2 cm³/mol. The van der Waals surface area contributed by atoms with Crippen molar-refractivity contribution in [2.24, 2.45) is 11.7 Å². The molecule has 1 aliphatic rings. The van der Waals surface area contributed by atoms with E-state index in [1.165, 1.54) is 45.3 Å². The van der Waals surface area contributed by atoms with Gasteiger partial charge in [-0.1, -0.05) is 13.8 Å². The summed E-state index contributed by atoms with van der Waals surface area (Å²) in [5.41, 5.74) is 6.29. The maximum absolute atomic E-state index is 6.03. The summed E-state index contributed by atoms with van der Waals surface area (Å²) < 4.78 is 0. The Bertz CT molecular complexity index is 195. The third kappa shape index (κ3) is 3.67. The molecule has 1 heterocycles. The summed E-state index contributed by atoms with van der Waals surface area (Å²) in [7, 11) is 4.35. The van der Waals surface area contributed by atoms with Crippen LogP contribution in [-0.2, 0) is 0 Å². The van der Waals surface area contributed by atoms with E-state index in [0.29, 0.717) is 0 Å². The third-order valence-corrected chi connectivity index (χ3v) is 4.60. The molecule has 0 aromatic carbocycles. The fourth-order valence-electron chi connectivity index (χ4n) is 3.22. The van der Waals surface area contributed by atoms with Crippen molar-refractivity contribution in [3.8, 4) is 0 Å². The van der Waals surface area contributed by atoms with Crippen LogP contribution in [0.25, 0.3) is 0 Å². The first-order chi connectivity index (χ1) is 8.07. The Morgan fingerprint density at radius 2 is 1.71 bits per heavy atom. The van der Waals surface area contributed by atoms with Crippen molar-refractivity contribution in [2.45, 2.75) is 45.1 Å². The Labute approximate surface area is 107 Å². The minimum absolute atomic E-state index is 0.267. The maximum Gasteiger partial charge on any atom is 0.0326 e. The van der Waals surface area contributed by atoms with E-state index in [-0.39, 0.29) is 5.54 Å². The highest BCUT2D eigenvalue weighted by atomic mass is 15.2. The van der Waals surface area contributed by atoms with Gasteiger partial charge in [-0.3, -0.25) is 4.90 Å². The number of piperidine rings is 1. The van der Waals surface area contributed by atoms with Crippen LogP contribution in [0.5, 0.6) is 0 Å². The maximum atomic E-state index is 6.03. The molecule has 0 radical (unpaired) electrons. The first kappa shape index (κ1) is 14.9. The molecule has 3 nitrogen and oxygen atoms in total. The summed E-state index contributed by atoms with van der Waals surface area (Å²) in [6.07, 6.45) is 5.02. The topological polar surface area (TPSA) is 32.5 Å². The van der Waals surface area contributed by atoms with Crippen LogP contribution in [0.3, 0.4) is 0 Å². The minimum atomic E-state index is 0.267. The van der Waals surface area contributed by atoms with Gasteiger partial charge in [-0.05, 0) is 58.8 Å². The summed E-state index contributed by atoms with van der Waals surface area (Å²) in [6, 6.07) is 0. The van der Waals surface area contributed by atoms with E-state index >= 15 is 0 Å². The lowest BCUT2D eigenvalue weighted by molar-refractivity contribution is 0.0436. The van der Waals surface area contributed by atoms with Gasteiger partial charge in [0.25, 0.3) is 0 Å². The molecule has 3 heteroatoms. The first-order valence-electron chi connectivity index (χ1n) is 7.17. The molecule has 1 rings (SSSR count). The van der Waals surface area contributed by atoms with E-state index in [1.807, 2.05) is 0 Å². The zero-order valence-corrected chi connectivity index (χ0v) is 12.2. The van der Waals surface area contributed by atoms with Crippen LogP contribution in [0.15, 0.2) is 0 Å². The SMILES string of the molecule is CCC(CC)(CN)N1CCC(CN(C)C)CC1. The molecular formula is C14H31N3. The van der Waals surface area contributed by atoms with E-state index in [9.17, 15) is 0 Å². The molecule has 0 aliphatic carbocycles. The van der Waals surface area contributed by atoms with Gasteiger partial charge in [0.2, 0.25) is 0 Å². The van der Waals surface area contributed by atoms with Crippen molar-refractivity contribution < 1.29 is 0 Å². The van der Waals surface area contributed by atoms with Crippen LogP contribution in [0.2, 0.25) is 0 Å². The Morgan fingerprint density at radius 1 is 1.18 bits per heavy atom. The van der Waals surface area contributed by atoms with Crippen LogP contribution in [0, 0.1) is 5.92 Å². The Kier molecular flexibility index (Phi) is 5.90. The van der Waals surface area contributed by atoms with E-state index in [2.05, 4.69) is 37.7 Å². The molecule has 1 fully saturated rings. The van der Waals surface area contributed by atoms with Crippen molar-refractivity contribution in [1.29, 1.82) is 0 Å². The average Bonchev–Trinajstić information content (AvgIpc) is 2.33. The van der Waals surface area contributed by atoms with E-state index in [1.54, 1.807) is 0 Å². The highest BCUT2D eigenvalue weighted by Gasteiger charge is 2.34. The molecule has 17 heavy (non-hydrogen) atoms. The summed E-state index contributed by atoms with van der Waals surface area (Å²) in [4.78, 5) is 4.97. The van der Waals surface area contributed by atoms with Gasteiger partial charge in [-0.2, -0.15) is 0 Å². The quantitative estimate of drug-likeness (QED) is 0.769. The average molecular weight is 241 g/mol. The van der Waals surface area contributed by atoms with E-state index in [4.69, 9.17) is 5.73 Å². The van der Waals surface area contributed by atoms with E-state index < -0.39 is 0 Å². The van der Waals surface area contributed by atoms with Gasteiger partial charge in [-0.25, -0.2) is 0 Å². The molecule has 2 N–H and O–H groups in total. The monoisotopic (exact) mass is 241 g/mol. The van der Waals surface area contributed by atoms with Gasteiger partial charge in [0.15, 0.2) is 0 Å². The van der Waals surface area contributed by atoms with Crippen LogP contribution in [0.4, 0.5) is 0 Å². The second kappa shape index (κ2) is 6.72. The minimum Gasteiger partial charge on any atom is -0.329 e. The van der Waals surface area contributed by atoms with Crippen LogP contribution >= 0.6 is 0 Å². The smallest absolute Gasteiger partial charge is 0.0326 e. The number of hydrogen-bond acceptors (Lipinski definition) is 3. The zero-order chi connectivity index (χ0) is 12.9. The predicted octanol–water partition coefficient (Wildman–Crippen LogP) is 1.78. The van der Waals surface area contributed by atoms with Crippen LogP contribution in [0.1, 0.15) is 39.5 Å². The lowest BCUT2D eigenvalue weighted by Gasteiger charge is -2.46. The molecule has 0 unspecified atom stereocenters. The fraction of sp³-hybridized carbons (Fsp3) is 1.00. The molecule has 0 saturated carbocycles. The lowest BCUT2D eigenvalue weighted by atomic mass is 9.86. The first-order valence-corrected chi connectivity index (χ1v) is 7.17. The van der Waals surface area contributed by atoms with E-state index in [0.717, 1.165) is 12.5 Å². The zero-order valence-electron chi connectivity index (χ0n) is 12.2. The summed E-state index contributed by atoms with van der Waals surface area (Å²) in [6.45, 7) is 9.07. The second-order valence-electron chi connectivity index (χ2n) is 5.83. The summed E-state index contributed by atoms with van der Waals surface area (Å²) in [5, 5.41) is 0. The third-order valence-electron chi connectivity index (χ3n) is 4.60. The molecule has 0 aromatic heterocycles. The normalized spacial score (nSPS) is 20.1. The lowest BCUT2D eigenvalue weighted by Crippen LogP contribution is -2.56. The molecule has 102 valence electrons. The highest BCUT2D eigenvalue weighted by molar-refractivity contribution is 4.92. The van der Waals surface area contributed by atoms with Gasteiger partial charge < -0.3 is 10.6 Å². The molecule has 0 spiro atoms. The summed E-state index contributed by atoms with van der Waals surface area (Å²) in [5.74, 6) is 0.880. The standard InChI is InChI=1S/C14H31N3/c1-5-14(6-2,12-15)17-9-7-13(8-10-17)11-16(3)4/h13H,5-12,15H2,1-4H3. The van der Waals surface area contributed by atoms with Gasteiger partial charge >= 0.3 is 0 Å². The second-order valence-corrected chi connectivity index (χ2v) is 5.83. The molecule has 0 atom stereocenters. The fourth-order valence-corrected chi connectivity index (χ4v) is 3.22. The summed E-state index contributed by atoms with van der Waals surface area (Å²) >= 11 is 0. The molecule has 1 saturated heterocycles. The van der Waals surface area contributed by atoms with Crippen LogP contribution in [-0.4, -0.2) is 55.6 Å². The van der Waals surface area contributed by atoms with Gasteiger partial charge in [0.1, 0.15) is 0 Å². The molecule has 0 amide bonds. The number of nitrogens with zero attached hydrogens (tertiary/aromatic N) is 2. The van der Waals surface area contributed by atoms with Crippen molar-refractivity contribution in [3.05, 3.63) is 0 Å². The Morgan fingerprint density at radius 3 is 2.06 bits per heavy atom. The largest absolute Gasteiger partial charge is 0.329 e. The van der Waals surface area contributed by atoms with Crippen molar-refractivity contribution in [2.75, 3.05) is 40.3 Å². The van der Waals surface area contributed by atoms with Crippen molar-refractivity contribution in [3.63, 3.8) is 0 Å². The molecular weight excluding hydrogens is 210 g/mol. The highest BCUT2D eigenvalue weighted by Crippen LogP contribution is 2.28. The van der Waals surface area contributed by atoms with Crippen molar-refractivity contribution in [1.82, 2.24) is 9.80 Å². The molecule has 0 bridgehead atoms. The molecule has 0 aromatic rings. The molecule has 1 aliphatic heterocycles.